The minimum atomic E-state index is -1.83. The molecule has 0 atom stereocenters. The van der Waals surface area contributed by atoms with Crippen molar-refractivity contribution < 1.29 is 129 Å². The Morgan fingerprint density at radius 1 is 0.500 bits per heavy atom. The molecule has 0 spiro atoms. The number of carboxylic acid groups (broad SMARTS) is 6. The molecule has 0 saturated carbocycles. The molecular formula is C3H6Ce2O9. The van der Waals surface area contributed by atoms with Gasteiger partial charge in [0.2, 0.25) is 0 Å². The predicted octanol–water partition coefficient (Wildman–Crippen LogP) is 0.667. The molecular weight excluding hydrogens is 460 g/mol. The van der Waals surface area contributed by atoms with Gasteiger partial charge in [0.1, 0.15) is 0 Å². The Balaban J connectivity index is -0.0000000270. The van der Waals surface area contributed by atoms with E-state index in [2.05, 4.69) is 0 Å². The summed E-state index contributed by atoms with van der Waals surface area (Å²) in [5.41, 5.74) is 0. The average molecular weight is 466 g/mol. The van der Waals surface area contributed by atoms with Crippen molar-refractivity contribution in [1.82, 2.24) is 0 Å². The van der Waals surface area contributed by atoms with Gasteiger partial charge in [-0.05, 0) is 0 Å². The molecule has 0 aliphatic rings. The first-order chi connectivity index (χ1) is 5.20. The Morgan fingerprint density at radius 3 is 0.500 bits per heavy atom. The van der Waals surface area contributed by atoms with Crippen molar-refractivity contribution in [2.75, 3.05) is 0 Å². The van der Waals surface area contributed by atoms with Crippen LogP contribution < -0.4 is 0 Å². The summed E-state index contributed by atoms with van der Waals surface area (Å²) in [4.78, 5) is 25.7. The second kappa shape index (κ2) is 23.4. The van der Waals surface area contributed by atoms with E-state index in [4.69, 9.17) is 45.0 Å². The number of hydrogen-bond acceptors (Lipinski definition) is 3. The quantitative estimate of drug-likeness (QED) is 0.300. The largest absolute Gasteiger partial charge is 0.503 e. The van der Waals surface area contributed by atoms with E-state index in [9.17, 15) is 0 Å². The maximum absolute atomic E-state index is 8.56. The summed E-state index contributed by atoms with van der Waals surface area (Å²) in [5, 5.41) is 41.8. The maximum atomic E-state index is 8.56. The smallest absolute Gasteiger partial charge is 0.450 e. The third-order valence-corrected chi connectivity index (χ3v) is 0. The molecule has 0 radical (unpaired) electrons. The van der Waals surface area contributed by atoms with Crippen molar-refractivity contribution in [1.29, 1.82) is 0 Å². The van der Waals surface area contributed by atoms with Crippen LogP contribution in [0.3, 0.4) is 0 Å². The van der Waals surface area contributed by atoms with Gasteiger partial charge >= 0.3 is 18.5 Å². The third kappa shape index (κ3) is 5290. The topological polar surface area (TPSA) is 173 Å². The van der Waals surface area contributed by atoms with E-state index in [0.717, 1.165) is 0 Å². The van der Waals surface area contributed by atoms with Crippen LogP contribution in [0.2, 0.25) is 0 Å². The molecule has 0 aliphatic heterocycles. The minimum absolute atomic E-state index is 0. The maximum Gasteiger partial charge on any atom is 0.503 e. The first-order valence-corrected chi connectivity index (χ1v) is 1.95. The van der Waals surface area contributed by atoms with Crippen LogP contribution in [0.15, 0.2) is 0 Å². The summed E-state index contributed by atoms with van der Waals surface area (Å²) in [7, 11) is 0. The molecule has 0 amide bonds. The fraction of sp³-hybridized carbons (Fsp3) is 0. The Bertz CT molecular complexity index is 116. The van der Waals surface area contributed by atoms with Gasteiger partial charge in [-0.3, -0.25) is 0 Å². The Kier molecular flexibility index (Phi) is 49.0. The van der Waals surface area contributed by atoms with Crippen molar-refractivity contribution in [3.63, 3.8) is 0 Å². The summed E-state index contributed by atoms with van der Waals surface area (Å²) in [6.45, 7) is 0. The van der Waals surface area contributed by atoms with Crippen LogP contribution in [0, 0.1) is 83.5 Å². The van der Waals surface area contributed by atoms with Gasteiger partial charge in [-0.1, -0.05) is 0 Å². The molecule has 0 rings (SSSR count). The van der Waals surface area contributed by atoms with E-state index >= 15 is 0 Å². The number of hydrogen-bond donors (Lipinski definition) is 6. The monoisotopic (exact) mass is 466 g/mol. The Labute approximate surface area is 144 Å². The molecule has 0 bridgehead atoms. The van der Waals surface area contributed by atoms with E-state index in [1.54, 1.807) is 0 Å². The van der Waals surface area contributed by atoms with E-state index in [-0.39, 0.29) is 83.5 Å². The van der Waals surface area contributed by atoms with E-state index in [1.165, 1.54) is 0 Å². The summed E-state index contributed by atoms with van der Waals surface area (Å²) >= 11 is 0. The standard InChI is InChI=1S/3CH2O3.2Ce/c3*2-1(3)4;;/h3*(H2,2,3,4);;. The molecule has 0 aromatic rings. The summed E-state index contributed by atoms with van der Waals surface area (Å²) < 4.78 is 0. The predicted molar refractivity (Wildman–Crippen MR) is 32.0 cm³/mol. The number of rotatable bonds is 0. The van der Waals surface area contributed by atoms with E-state index in [1.807, 2.05) is 0 Å². The van der Waals surface area contributed by atoms with Crippen LogP contribution in [0.5, 0.6) is 0 Å². The Hall–Kier alpha value is 0.563. The molecule has 11 heteroatoms. The van der Waals surface area contributed by atoms with Crippen molar-refractivity contribution in [3.05, 3.63) is 0 Å². The normalized spacial score (nSPS) is 5.14. The molecule has 6 N–H and O–H groups in total. The van der Waals surface area contributed by atoms with Crippen LogP contribution in [-0.4, -0.2) is 49.1 Å². The molecule has 0 unspecified atom stereocenters. The van der Waals surface area contributed by atoms with Gasteiger partial charge in [0.25, 0.3) is 0 Å². The molecule has 80 valence electrons. The zero-order valence-electron chi connectivity index (χ0n) is 6.41. The van der Waals surface area contributed by atoms with Gasteiger partial charge in [0, 0.05) is 83.5 Å². The molecule has 0 aliphatic carbocycles. The molecule has 0 aromatic heterocycles. The van der Waals surface area contributed by atoms with Crippen molar-refractivity contribution >= 4 is 18.5 Å². The van der Waals surface area contributed by atoms with E-state index in [0.29, 0.717) is 0 Å². The molecule has 0 heterocycles. The van der Waals surface area contributed by atoms with Crippen LogP contribution in [0.1, 0.15) is 0 Å². The van der Waals surface area contributed by atoms with Crippen LogP contribution in [-0.2, 0) is 0 Å². The van der Waals surface area contributed by atoms with Crippen molar-refractivity contribution in [3.8, 4) is 0 Å². The second-order valence-corrected chi connectivity index (χ2v) is 0.848. The van der Waals surface area contributed by atoms with Gasteiger partial charge < -0.3 is 30.6 Å². The fourth-order valence-electron chi connectivity index (χ4n) is 0. The number of carbonyl (C=O) groups is 3. The summed E-state index contributed by atoms with van der Waals surface area (Å²) in [6, 6.07) is 0. The van der Waals surface area contributed by atoms with Gasteiger partial charge in [0.15, 0.2) is 0 Å². The average Bonchev–Trinajstić information content (AvgIpc) is 1.54. The molecule has 0 aromatic carbocycles. The first-order valence-electron chi connectivity index (χ1n) is 1.95. The van der Waals surface area contributed by atoms with Gasteiger partial charge in [-0.25, -0.2) is 14.4 Å². The fourth-order valence-corrected chi connectivity index (χ4v) is 0. The molecule has 9 nitrogen and oxygen atoms in total. The SMILES string of the molecule is O=C(O)O.O=C(O)O.O=C(O)O.[Ce].[Ce]. The van der Waals surface area contributed by atoms with Crippen LogP contribution in [0.4, 0.5) is 14.4 Å². The first kappa shape index (κ1) is 29.3. The zero-order chi connectivity index (χ0) is 10.7. The van der Waals surface area contributed by atoms with Crippen molar-refractivity contribution in [2.45, 2.75) is 0 Å². The van der Waals surface area contributed by atoms with Gasteiger partial charge in [-0.15, -0.1) is 0 Å². The van der Waals surface area contributed by atoms with Crippen molar-refractivity contribution in [2.24, 2.45) is 0 Å². The molecule has 0 fully saturated rings. The molecule has 0 saturated heterocycles. The minimum Gasteiger partial charge on any atom is -0.450 e. The third-order valence-electron chi connectivity index (χ3n) is 0. The molecule has 14 heavy (non-hydrogen) atoms. The van der Waals surface area contributed by atoms with Crippen LogP contribution >= 0.6 is 0 Å². The van der Waals surface area contributed by atoms with Gasteiger partial charge in [0.05, 0.1) is 0 Å². The van der Waals surface area contributed by atoms with E-state index < -0.39 is 18.5 Å². The zero-order valence-corrected chi connectivity index (χ0v) is 12.7. The summed E-state index contributed by atoms with van der Waals surface area (Å²) in [6.07, 6.45) is -5.50. The van der Waals surface area contributed by atoms with Crippen LogP contribution in [0.25, 0.3) is 0 Å². The second-order valence-electron chi connectivity index (χ2n) is 0.848. The Morgan fingerprint density at radius 2 is 0.500 bits per heavy atom. The summed E-state index contributed by atoms with van der Waals surface area (Å²) in [5.74, 6) is 0. The van der Waals surface area contributed by atoms with Gasteiger partial charge in [-0.2, -0.15) is 0 Å².